The van der Waals surface area contributed by atoms with Gasteiger partial charge in [0, 0.05) is 23.9 Å². The smallest absolute Gasteiger partial charge is 0.170 e. The lowest BCUT2D eigenvalue weighted by Crippen LogP contribution is -2.09. The summed E-state index contributed by atoms with van der Waals surface area (Å²) in [6, 6.07) is 10.1. The van der Waals surface area contributed by atoms with Crippen LogP contribution in [-0.2, 0) is 0 Å². The molecule has 3 aromatic rings. The third kappa shape index (κ3) is 3.46. The second-order valence-corrected chi connectivity index (χ2v) is 6.72. The Balaban J connectivity index is 1.68. The molecule has 0 aliphatic heterocycles. The summed E-state index contributed by atoms with van der Waals surface area (Å²) in [7, 11) is 0. The van der Waals surface area contributed by atoms with Gasteiger partial charge in [0.1, 0.15) is 17.4 Å². The summed E-state index contributed by atoms with van der Waals surface area (Å²) < 4.78 is 7.41. The Kier molecular flexibility index (Phi) is 4.20. The quantitative estimate of drug-likeness (QED) is 0.633. The van der Waals surface area contributed by atoms with Crippen LogP contribution in [0.2, 0.25) is 0 Å². The minimum atomic E-state index is 0.107. The van der Waals surface area contributed by atoms with Crippen molar-refractivity contribution in [3.8, 4) is 5.75 Å². The van der Waals surface area contributed by atoms with Gasteiger partial charge in [0.25, 0.3) is 0 Å². The van der Waals surface area contributed by atoms with E-state index in [0.29, 0.717) is 23.1 Å². The summed E-state index contributed by atoms with van der Waals surface area (Å²) in [5.74, 6) is 2.26. The molecule has 1 aromatic carbocycles. The molecule has 0 saturated heterocycles. The topological polar surface area (TPSA) is 80.5 Å². The van der Waals surface area contributed by atoms with Crippen molar-refractivity contribution in [2.24, 2.45) is 0 Å². The monoisotopic (exact) mass is 351 g/mol. The molecule has 7 nitrogen and oxygen atoms in total. The van der Waals surface area contributed by atoms with E-state index in [2.05, 4.69) is 20.7 Å². The first-order chi connectivity index (χ1) is 12.6. The number of aromatic nitrogens is 3. The lowest BCUT2D eigenvalue weighted by molar-refractivity contribution is 0.112. The van der Waals surface area contributed by atoms with Crippen molar-refractivity contribution in [3.63, 3.8) is 0 Å². The second-order valence-electron chi connectivity index (χ2n) is 6.72. The van der Waals surface area contributed by atoms with Crippen LogP contribution in [0.3, 0.4) is 0 Å². The van der Waals surface area contributed by atoms with Crippen molar-refractivity contribution < 1.29 is 9.53 Å². The molecular formula is C19H21N5O2. The summed E-state index contributed by atoms with van der Waals surface area (Å²) in [5, 5.41) is 11.0. The van der Waals surface area contributed by atoms with Gasteiger partial charge in [-0.15, -0.1) is 0 Å². The van der Waals surface area contributed by atoms with Crippen LogP contribution in [0.1, 0.15) is 37.0 Å². The van der Waals surface area contributed by atoms with Crippen LogP contribution in [0.5, 0.6) is 5.75 Å². The molecule has 26 heavy (non-hydrogen) atoms. The van der Waals surface area contributed by atoms with Crippen LogP contribution in [0, 0.1) is 0 Å². The SMILES string of the molecule is CC(C)Oc1cccc(Nc2cc(NC3CC3)n3ncc(C=O)c3n2)c1. The highest BCUT2D eigenvalue weighted by molar-refractivity contribution is 5.85. The van der Waals surface area contributed by atoms with Gasteiger partial charge in [0.05, 0.1) is 17.9 Å². The van der Waals surface area contributed by atoms with E-state index in [9.17, 15) is 4.79 Å². The van der Waals surface area contributed by atoms with Gasteiger partial charge in [0.2, 0.25) is 0 Å². The van der Waals surface area contributed by atoms with Crippen molar-refractivity contribution in [2.75, 3.05) is 10.6 Å². The van der Waals surface area contributed by atoms with Crippen LogP contribution in [0.15, 0.2) is 36.5 Å². The number of carbonyl (C=O) groups is 1. The van der Waals surface area contributed by atoms with E-state index in [1.165, 1.54) is 6.20 Å². The van der Waals surface area contributed by atoms with Gasteiger partial charge < -0.3 is 15.4 Å². The van der Waals surface area contributed by atoms with Gasteiger partial charge in [-0.25, -0.2) is 4.98 Å². The van der Waals surface area contributed by atoms with E-state index in [4.69, 9.17) is 4.74 Å². The summed E-state index contributed by atoms with van der Waals surface area (Å²) in [6.45, 7) is 3.98. The average Bonchev–Trinajstić information content (AvgIpc) is 3.31. The molecule has 0 spiro atoms. The van der Waals surface area contributed by atoms with Crippen molar-refractivity contribution in [1.29, 1.82) is 0 Å². The normalized spacial score (nSPS) is 13.8. The number of benzene rings is 1. The molecule has 0 amide bonds. The van der Waals surface area contributed by atoms with Crippen LogP contribution >= 0.6 is 0 Å². The number of hydrogen-bond donors (Lipinski definition) is 2. The number of rotatable bonds is 7. The molecule has 2 aromatic heterocycles. The average molecular weight is 351 g/mol. The first-order valence-electron chi connectivity index (χ1n) is 8.76. The fourth-order valence-electron chi connectivity index (χ4n) is 2.73. The molecule has 134 valence electrons. The lowest BCUT2D eigenvalue weighted by Gasteiger charge is -2.13. The maximum atomic E-state index is 11.3. The Morgan fingerprint density at radius 1 is 1.31 bits per heavy atom. The summed E-state index contributed by atoms with van der Waals surface area (Å²) in [6.07, 6.45) is 4.70. The standard InChI is InChI=1S/C19H21N5O2/c1-12(2)26-16-5-3-4-15(8-16)21-17-9-18(22-14-6-7-14)24-19(23-17)13(11-25)10-20-24/h3-5,8-12,14,22H,6-7H2,1-2H3,(H,21,23). The van der Waals surface area contributed by atoms with E-state index < -0.39 is 0 Å². The predicted octanol–water partition coefficient (Wildman–Crippen LogP) is 3.65. The largest absolute Gasteiger partial charge is 0.491 e. The van der Waals surface area contributed by atoms with Gasteiger partial charge in [-0.2, -0.15) is 9.61 Å². The van der Waals surface area contributed by atoms with Crippen LogP contribution in [-0.4, -0.2) is 33.0 Å². The molecule has 0 bridgehead atoms. The van der Waals surface area contributed by atoms with Crippen molar-refractivity contribution in [2.45, 2.75) is 38.8 Å². The number of aldehydes is 1. The van der Waals surface area contributed by atoms with Gasteiger partial charge in [-0.1, -0.05) is 6.07 Å². The molecule has 2 N–H and O–H groups in total. The Labute approximate surface area is 151 Å². The second kappa shape index (κ2) is 6.67. The first-order valence-corrected chi connectivity index (χ1v) is 8.76. The number of ether oxygens (including phenoxy) is 1. The highest BCUT2D eigenvalue weighted by Crippen LogP contribution is 2.28. The minimum Gasteiger partial charge on any atom is -0.491 e. The molecule has 7 heteroatoms. The molecule has 0 radical (unpaired) electrons. The fraction of sp³-hybridized carbons (Fsp3) is 0.316. The number of nitrogens with zero attached hydrogens (tertiary/aromatic N) is 3. The third-order valence-electron chi connectivity index (χ3n) is 4.03. The Morgan fingerprint density at radius 2 is 2.15 bits per heavy atom. The number of anilines is 3. The molecule has 1 fully saturated rings. The van der Waals surface area contributed by atoms with Crippen LogP contribution < -0.4 is 15.4 Å². The Bertz CT molecular complexity index is 946. The first kappa shape index (κ1) is 16.4. The molecule has 1 saturated carbocycles. The molecule has 1 aliphatic rings. The zero-order chi connectivity index (χ0) is 18.1. The lowest BCUT2D eigenvalue weighted by atomic mass is 10.3. The fourth-order valence-corrected chi connectivity index (χ4v) is 2.73. The number of nitrogens with one attached hydrogen (secondary N) is 2. The van der Waals surface area contributed by atoms with E-state index >= 15 is 0 Å². The number of fused-ring (bicyclic) bond motifs is 1. The van der Waals surface area contributed by atoms with Gasteiger partial charge in [0.15, 0.2) is 11.9 Å². The number of carbonyl (C=O) groups excluding carboxylic acids is 1. The van der Waals surface area contributed by atoms with E-state index in [0.717, 1.165) is 36.4 Å². The van der Waals surface area contributed by atoms with E-state index in [1.54, 1.807) is 4.52 Å². The van der Waals surface area contributed by atoms with Gasteiger partial charge >= 0.3 is 0 Å². The molecule has 2 heterocycles. The maximum absolute atomic E-state index is 11.3. The highest BCUT2D eigenvalue weighted by atomic mass is 16.5. The molecule has 0 atom stereocenters. The van der Waals surface area contributed by atoms with Crippen molar-refractivity contribution >= 4 is 29.3 Å². The molecule has 4 rings (SSSR count). The Morgan fingerprint density at radius 3 is 2.88 bits per heavy atom. The van der Waals surface area contributed by atoms with E-state index in [1.807, 2.05) is 44.2 Å². The van der Waals surface area contributed by atoms with Gasteiger partial charge in [-0.05, 0) is 38.8 Å². The van der Waals surface area contributed by atoms with Crippen LogP contribution in [0.25, 0.3) is 5.65 Å². The summed E-state index contributed by atoms with van der Waals surface area (Å²) in [4.78, 5) is 15.9. The zero-order valence-electron chi connectivity index (χ0n) is 14.8. The van der Waals surface area contributed by atoms with Crippen molar-refractivity contribution in [3.05, 3.63) is 42.1 Å². The van der Waals surface area contributed by atoms with Gasteiger partial charge in [-0.3, -0.25) is 4.79 Å². The zero-order valence-corrected chi connectivity index (χ0v) is 14.8. The van der Waals surface area contributed by atoms with E-state index in [-0.39, 0.29) is 6.10 Å². The molecular weight excluding hydrogens is 330 g/mol. The van der Waals surface area contributed by atoms with Crippen molar-refractivity contribution in [1.82, 2.24) is 14.6 Å². The minimum absolute atomic E-state index is 0.107. The number of hydrogen-bond acceptors (Lipinski definition) is 6. The third-order valence-corrected chi connectivity index (χ3v) is 4.03. The maximum Gasteiger partial charge on any atom is 0.170 e. The molecule has 1 aliphatic carbocycles. The predicted molar refractivity (Wildman–Crippen MR) is 101 cm³/mol. The molecule has 0 unspecified atom stereocenters. The summed E-state index contributed by atoms with van der Waals surface area (Å²) >= 11 is 0. The Hall–Kier alpha value is -3.09. The summed E-state index contributed by atoms with van der Waals surface area (Å²) in [5.41, 5.74) is 1.86. The highest BCUT2D eigenvalue weighted by Gasteiger charge is 2.23. The van der Waals surface area contributed by atoms with Crippen LogP contribution in [0.4, 0.5) is 17.3 Å².